The molecule has 78 valence electrons. The minimum atomic E-state index is -0.630. The molecule has 2 heterocycles. The Morgan fingerprint density at radius 2 is 2.27 bits per heavy atom. The Labute approximate surface area is 82.8 Å². The highest BCUT2D eigenvalue weighted by Gasteiger charge is 2.09. The summed E-state index contributed by atoms with van der Waals surface area (Å²) in [5.41, 5.74) is -0.781. The van der Waals surface area contributed by atoms with Crippen LogP contribution in [0.25, 0.3) is 11.2 Å². The third-order valence-electron chi connectivity index (χ3n) is 1.95. The second-order valence-corrected chi connectivity index (χ2v) is 3.15. The fraction of sp³-hybridized carbons (Fsp3) is 0.250. The first-order valence-electron chi connectivity index (χ1n) is 4.25. The van der Waals surface area contributed by atoms with Crippen molar-refractivity contribution in [3.8, 4) is 0 Å². The minimum absolute atomic E-state index is 0.191. The molecule has 0 bridgehead atoms. The number of nitrogens with one attached hydrogen (secondary N) is 2. The Kier molecular flexibility index (Phi) is 2.00. The van der Waals surface area contributed by atoms with E-state index in [0.717, 1.165) is 4.57 Å². The summed E-state index contributed by atoms with van der Waals surface area (Å²) in [4.78, 5) is 42.7. The number of imidazole rings is 1. The van der Waals surface area contributed by atoms with Crippen LogP contribution in [0.2, 0.25) is 0 Å². The third-order valence-corrected chi connectivity index (χ3v) is 1.95. The second kappa shape index (κ2) is 3.19. The van der Waals surface area contributed by atoms with Gasteiger partial charge in [0.2, 0.25) is 0 Å². The summed E-state index contributed by atoms with van der Waals surface area (Å²) in [5.74, 6) is -0.263. The molecule has 0 saturated carbocycles. The van der Waals surface area contributed by atoms with Crippen molar-refractivity contribution < 1.29 is 4.79 Å². The van der Waals surface area contributed by atoms with Crippen LogP contribution in [0.3, 0.4) is 0 Å². The van der Waals surface area contributed by atoms with Gasteiger partial charge in [0.1, 0.15) is 11.3 Å². The molecule has 0 saturated heterocycles. The summed E-state index contributed by atoms with van der Waals surface area (Å²) in [6.07, 6.45) is 1.31. The lowest BCUT2D eigenvalue weighted by Gasteiger charge is -1.99. The van der Waals surface area contributed by atoms with Gasteiger partial charge in [-0.3, -0.25) is 19.1 Å². The quantitative estimate of drug-likeness (QED) is 0.661. The SMILES string of the molecule is CC(=O)Cn1c(=O)[nH]c2nc[nH]c2c1=O. The van der Waals surface area contributed by atoms with Gasteiger partial charge in [-0.15, -0.1) is 0 Å². The van der Waals surface area contributed by atoms with E-state index in [0.29, 0.717) is 0 Å². The van der Waals surface area contributed by atoms with E-state index in [-0.39, 0.29) is 23.5 Å². The van der Waals surface area contributed by atoms with Gasteiger partial charge in [-0.2, -0.15) is 0 Å². The van der Waals surface area contributed by atoms with Gasteiger partial charge in [0, 0.05) is 0 Å². The smallest absolute Gasteiger partial charge is 0.330 e. The molecular weight excluding hydrogens is 200 g/mol. The molecule has 7 heteroatoms. The molecule has 0 atom stereocenters. The maximum atomic E-state index is 11.7. The zero-order chi connectivity index (χ0) is 11.0. The molecule has 2 rings (SSSR count). The van der Waals surface area contributed by atoms with Crippen molar-refractivity contribution >= 4 is 16.9 Å². The first-order chi connectivity index (χ1) is 7.09. The van der Waals surface area contributed by atoms with Crippen LogP contribution < -0.4 is 11.2 Å². The average Bonchev–Trinajstić information content (AvgIpc) is 2.59. The summed E-state index contributed by atoms with van der Waals surface area (Å²) in [5, 5.41) is 0. The van der Waals surface area contributed by atoms with E-state index in [1.54, 1.807) is 0 Å². The Morgan fingerprint density at radius 1 is 1.53 bits per heavy atom. The van der Waals surface area contributed by atoms with Gasteiger partial charge in [-0.05, 0) is 6.92 Å². The van der Waals surface area contributed by atoms with E-state index < -0.39 is 11.2 Å². The molecule has 0 unspecified atom stereocenters. The Morgan fingerprint density at radius 3 is 2.93 bits per heavy atom. The molecule has 2 N–H and O–H groups in total. The third kappa shape index (κ3) is 1.47. The number of aromatic nitrogens is 4. The summed E-state index contributed by atoms with van der Waals surface area (Å²) >= 11 is 0. The lowest BCUT2D eigenvalue weighted by molar-refractivity contribution is -0.117. The van der Waals surface area contributed by atoms with Crippen LogP contribution >= 0.6 is 0 Å². The van der Waals surface area contributed by atoms with Crippen LogP contribution in [-0.2, 0) is 11.3 Å². The Hall–Kier alpha value is -2.18. The zero-order valence-electron chi connectivity index (χ0n) is 7.90. The molecular formula is C8H8N4O3. The summed E-state index contributed by atoms with van der Waals surface area (Å²) in [6.45, 7) is 1.08. The molecule has 0 aromatic carbocycles. The van der Waals surface area contributed by atoms with Crippen LogP contribution in [0.15, 0.2) is 15.9 Å². The Balaban J connectivity index is 2.78. The van der Waals surface area contributed by atoms with Crippen molar-refractivity contribution in [1.29, 1.82) is 0 Å². The number of fused-ring (bicyclic) bond motifs is 1. The van der Waals surface area contributed by atoms with E-state index in [1.807, 2.05) is 0 Å². The summed E-state index contributed by atoms with van der Waals surface area (Å²) < 4.78 is 0.836. The molecule has 15 heavy (non-hydrogen) atoms. The highest BCUT2D eigenvalue weighted by atomic mass is 16.2. The number of rotatable bonds is 2. The number of carbonyl (C=O) groups excluding carboxylic acids is 1. The molecule has 0 radical (unpaired) electrons. The first kappa shape index (κ1) is 9.38. The molecule has 0 spiro atoms. The number of nitrogens with zero attached hydrogens (tertiary/aromatic N) is 2. The van der Waals surface area contributed by atoms with Crippen LogP contribution in [0.4, 0.5) is 0 Å². The Bertz CT molecular complexity index is 633. The largest absolute Gasteiger partial charge is 0.339 e. The number of aromatic amines is 2. The molecule has 0 amide bonds. The average molecular weight is 208 g/mol. The number of carbonyl (C=O) groups is 1. The van der Waals surface area contributed by atoms with Crippen molar-refractivity contribution in [3.05, 3.63) is 27.2 Å². The first-order valence-corrected chi connectivity index (χ1v) is 4.25. The standard InChI is InChI=1S/C8H8N4O3/c1-4(13)2-12-7(14)5-6(10-3-9-5)11-8(12)15/h3H,2H2,1H3,(H,9,10)(H,11,15). The van der Waals surface area contributed by atoms with Crippen molar-refractivity contribution in [2.75, 3.05) is 0 Å². The highest BCUT2D eigenvalue weighted by molar-refractivity contribution is 5.75. The second-order valence-electron chi connectivity index (χ2n) is 3.15. The van der Waals surface area contributed by atoms with Gasteiger partial charge in [-0.25, -0.2) is 9.78 Å². The predicted octanol–water partition coefficient (Wildman–Crippen LogP) is -0.998. The fourth-order valence-corrected chi connectivity index (χ4v) is 1.31. The van der Waals surface area contributed by atoms with E-state index in [4.69, 9.17) is 0 Å². The highest BCUT2D eigenvalue weighted by Crippen LogP contribution is 1.94. The molecule has 0 aliphatic rings. The number of hydrogen-bond donors (Lipinski definition) is 2. The van der Waals surface area contributed by atoms with E-state index >= 15 is 0 Å². The van der Waals surface area contributed by atoms with E-state index in [2.05, 4.69) is 15.0 Å². The maximum Gasteiger partial charge on any atom is 0.330 e. The number of hydrogen-bond acceptors (Lipinski definition) is 4. The number of ketones is 1. The van der Waals surface area contributed by atoms with Gasteiger partial charge in [0.25, 0.3) is 5.56 Å². The van der Waals surface area contributed by atoms with Crippen LogP contribution in [-0.4, -0.2) is 25.3 Å². The van der Waals surface area contributed by atoms with Gasteiger partial charge < -0.3 is 4.98 Å². The van der Waals surface area contributed by atoms with Crippen LogP contribution in [0, 0.1) is 0 Å². The van der Waals surface area contributed by atoms with Gasteiger partial charge in [-0.1, -0.05) is 0 Å². The van der Waals surface area contributed by atoms with Crippen molar-refractivity contribution in [2.45, 2.75) is 13.5 Å². The molecule has 0 aliphatic heterocycles. The van der Waals surface area contributed by atoms with Gasteiger partial charge >= 0.3 is 5.69 Å². The molecule has 0 fully saturated rings. The van der Waals surface area contributed by atoms with Gasteiger partial charge in [0.05, 0.1) is 12.9 Å². The fourth-order valence-electron chi connectivity index (χ4n) is 1.31. The number of Topliss-reactive ketones (excluding diaryl/α,β-unsaturated/α-hetero) is 1. The normalized spacial score (nSPS) is 10.7. The summed E-state index contributed by atoms with van der Waals surface area (Å²) in [6, 6.07) is 0. The molecule has 7 nitrogen and oxygen atoms in total. The van der Waals surface area contributed by atoms with Crippen molar-refractivity contribution in [2.24, 2.45) is 0 Å². The maximum absolute atomic E-state index is 11.7. The van der Waals surface area contributed by atoms with Crippen LogP contribution in [0.1, 0.15) is 6.92 Å². The van der Waals surface area contributed by atoms with Crippen molar-refractivity contribution in [3.63, 3.8) is 0 Å². The lowest BCUT2D eigenvalue weighted by Crippen LogP contribution is -2.36. The topological polar surface area (TPSA) is 101 Å². The minimum Gasteiger partial charge on any atom is -0.339 e. The number of H-pyrrole nitrogens is 2. The van der Waals surface area contributed by atoms with E-state index in [9.17, 15) is 14.4 Å². The predicted molar refractivity (Wildman–Crippen MR) is 51.7 cm³/mol. The monoisotopic (exact) mass is 208 g/mol. The van der Waals surface area contributed by atoms with Crippen LogP contribution in [0.5, 0.6) is 0 Å². The summed E-state index contributed by atoms with van der Waals surface area (Å²) in [7, 11) is 0. The van der Waals surface area contributed by atoms with Crippen molar-refractivity contribution in [1.82, 2.24) is 19.5 Å². The van der Waals surface area contributed by atoms with E-state index in [1.165, 1.54) is 13.3 Å². The lowest BCUT2D eigenvalue weighted by atomic mass is 10.4. The zero-order valence-corrected chi connectivity index (χ0v) is 7.90. The van der Waals surface area contributed by atoms with Gasteiger partial charge in [0.15, 0.2) is 5.65 Å². The molecule has 2 aromatic heterocycles. The molecule has 2 aromatic rings. The molecule has 0 aliphatic carbocycles.